The summed E-state index contributed by atoms with van der Waals surface area (Å²) in [5.41, 5.74) is 1.27. The lowest BCUT2D eigenvalue weighted by Crippen LogP contribution is -2.32. The van der Waals surface area contributed by atoms with Gasteiger partial charge in [-0.05, 0) is 36.6 Å². The predicted molar refractivity (Wildman–Crippen MR) is 79.1 cm³/mol. The van der Waals surface area contributed by atoms with Crippen molar-refractivity contribution < 1.29 is 17.2 Å². The molecule has 22 heavy (non-hydrogen) atoms. The molecule has 0 fully saturated rings. The van der Waals surface area contributed by atoms with Crippen molar-refractivity contribution in [1.82, 2.24) is 4.98 Å². The average Bonchev–Trinajstić information content (AvgIpc) is 2.91. The highest BCUT2D eigenvalue weighted by Gasteiger charge is 2.29. The number of anilines is 1. The molecule has 0 N–H and O–H groups in total. The molecule has 0 saturated heterocycles. The molecular formula is C15H14F2N2O2S. The molecule has 0 spiro atoms. The van der Waals surface area contributed by atoms with E-state index in [4.69, 9.17) is 0 Å². The third-order valence-corrected chi connectivity index (χ3v) is 5.51. The fourth-order valence-electron chi connectivity index (χ4n) is 2.60. The zero-order valence-corrected chi connectivity index (χ0v) is 12.5. The molecule has 0 aliphatic carbocycles. The summed E-state index contributed by atoms with van der Waals surface area (Å²) in [6.07, 6.45) is 3.57. The summed E-state index contributed by atoms with van der Waals surface area (Å²) in [5, 5.41) is 0. The van der Waals surface area contributed by atoms with Gasteiger partial charge in [-0.25, -0.2) is 17.2 Å². The molecule has 0 amide bonds. The van der Waals surface area contributed by atoms with Gasteiger partial charge in [-0.3, -0.25) is 9.29 Å². The number of nitrogens with zero attached hydrogens (tertiary/aromatic N) is 2. The Morgan fingerprint density at radius 1 is 1.18 bits per heavy atom. The number of benzene rings is 1. The molecule has 1 aromatic heterocycles. The number of rotatable bonds is 4. The summed E-state index contributed by atoms with van der Waals surface area (Å²) in [6, 6.07) is 5.15. The third kappa shape index (κ3) is 2.68. The van der Waals surface area contributed by atoms with E-state index in [0.29, 0.717) is 18.7 Å². The van der Waals surface area contributed by atoms with Crippen LogP contribution in [0.15, 0.2) is 36.7 Å². The van der Waals surface area contributed by atoms with Crippen molar-refractivity contribution in [2.75, 3.05) is 16.6 Å². The second kappa shape index (κ2) is 5.64. The number of halogens is 2. The molecular weight excluding hydrogens is 310 g/mol. The minimum absolute atomic E-state index is 0.194. The lowest BCUT2D eigenvalue weighted by molar-refractivity contribution is 0.556. The van der Waals surface area contributed by atoms with Gasteiger partial charge in [-0.1, -0.05) is 6.07 Å². The summed E-state index contributed by atoms with van der Waals surface area (Å²) in [6.45, 7) is 0.336. The van der Waals surface area contributed by atoms with E-state index in [2.05, 4.69) is 4.98 Å². The Hall–Kier alpha value is -2.02. The van der Waals surface area contributed by atoms with E-state index in [1.807, 2.05) is 0 Å². The van der Waals surface area contributed by atoms with E-state index in [-0.39, 0.29) is 17.7 Å². The standard InChI is InChI=1S/C15H14F2N2O2S/c16-13-2-1-3-14(17)12(13)6-9-22(20,21)19-8-5-11-10-18-7-4-15(11)19/h1-4,7,10H,5-6,8-9H2. The fraction of sp³-hybridized carbons (Fsp3) is 0.267. The smallest absolute Gasteiger partial charge is 0.235 e. The van der Waals surface area contributed by atoms with Crippen molar-refractivity contribution in [3.8, 4) is 0 Å². The fourth-order valence-corrected chi connectivity index (χ4v) is 4.13. The molecule has 2 heterocycles. The molecule has 4 nitrogen and oxygen atoms in total. The summed E-state index contributed by atoms with van der Waals surface area (Å²) < 4.78 is 53.4. The molecule has 1 aliphatic heterocycles. The van der Waals surface area contributed by atoms with Gasteiger partial charge in [0.05, 0.1) is 11.4 Å². The van der Waals surface area contributed by atoms with Crippen LogP contribution in [0.1, 0.15) is 11.1 Å². The Balaban J connectivity index is 1.81. The number of hydrogen-bond acceptors (Lipinski definition) is 3. The number of hydrogen-bond donors (Lipinski definition) is 0. The Morgan fingerprint density at radius 3 is 2.64 bits per heavy atom. The molecule has 0 atom stereocenters. The van der Waals surface area contributed by atoms with Gasteiger partial charge < -0.3 is 0 Å². The van der Waals surface area contributed by atoms with Crippen LogP contribution in [-0.4, -0.2) is 25.7 Å². The quantitative estimate of drug-likeness (QED) is 0.867. The lowest BCUT2D eigenvalue weighted by atomic mass is 10.1. The minimum atomic E-state index is -3.63. The lowest BCUT2D eigenvalue weighted by Gasteiger charge is -2.19. The van der Waals surface area contributed by atoms with E-state index >= 15 is 0 Å². The molecule has 1 aliphatic rings. The second-order valence-electron chi connectivity index (χ2n) is 5.09. The molecule has 7 heteroatoms. The van der Waals surface area contributed by atoms with Crippen molar-refractivity contribution in [3.63, 3.8) is 0 Å². The zero-order valence-electron chi connectivity index (χ0n) is 11.7. The van der Waals surface area contributed by atoms with Gasteiger partial charge in [-0.15, -0.1) is 0 Å². The molecule has 0 unspecified atom stereocenters. The van der Waals surface area contributed by atoms with Crippen LogP contribution < -0.4 is 4.31 Å². The highest BCUT2D eigenvalue weighted by molar-refractivity contribution is 7.92. The number of aromatic nitrogens is 1. The Bertz CT molecular complexity index is 789. The van der Waals surface area contributed by atoms with Crippen LogP contribution in [0.2, 0.25) is 0 Å². The summed E-state index contributed by atoms with van der Waals surface area (Å²) in [7, 11) is -3.63. The van der Waals surface area contributed by atoms with Crippen molar-refractivity contribution in [2.24, 2.45) is 0 Å². The molecule has 1 aromatic carbocycles. The van der Waals surface area contributed by atoms with Gasteiger partial charge >= 0.3 is 0 Å². The Morgan fingerprint density at radius 2 is 1.91 bits per heavy atom. The first-order valence-electron chi connectivity index (χ1n) is 6.85. The zero-order chi connectivity index (χ0) is 15.7. The first-order chi connectivity index (χ1) is 10.5. The van der Waals surface area contributed by atoms with Crippen molar-refractivity contribution in [1.29, 1.82) is 0 Å². The minimum Gasteiger partial charge on any atom is -0.270 e. The molecule has 2 aromatic rings. The average molecular weight is 324 g/mol. The monoisotopic (exact) mass is 324 g/mol. The second-order valence-corrected chi connectivity index (χ2v) is 7.11. The normalized spacial score (nSPS) is 14.2. The van der Waals surface area contributed by atoms with E-state index in [1.54, 1.807) is 12.3 Å². The first kappa shape index (κ1) is 14.9. The number of pyridine rings is 1. The molecule has 3 rings (SSSR count). The maximum Gasteiger partial charge on any atom is 0.235 e. The SMILES string of the molecule is O=S(=O)(CCc1c(F)cccc1F)N1CCc2cnccc21. The maximum atomic E-state index is 13.6. The van der Waals surface area contributed by atoms with Gasteiger partial charge in [0, 0.05) is 24.5 Å². The van der Waals surface area contributed by atoms with E-state index in [0.717, 1.165) is 17.7 Å². The predicted octanol–water partition coefficient (Wildman–Crippen LogP) is 2.29. The Labute approximate surface area is 127 Å². The topological polar surface area (TPSA) is 50.3 Å². The van der Waals surface area contributed by atoms with Crippen LogP contribution in [0.3, 0.4) is 0 Å². The number of fused-ring (bicyclic) bond motifs is 1. The third-order valence-electron chi connectivity index (χ3n) is 3.74. The molecule has 0 saturated carbocycles. The van der Waals surface area contributed by atoms with Crippen LogP contribution in [0.4, 0.5) is 14.5 Å². The van der Waals surface area contributed by atoms with Crippen LogP contribution in [0.5, 0.6) is 0 Å². The van der Waals surface area contributed by atoms with Gasteiger partial charge in [0.2, 0.25) is 10.0 Å². The van der Waals surface area contributed by atoms with Crippen molar-refractivity contribution >= 4 is 15.7 Å². The van der Waals surface area contributed by atoms with Gasteiger partial charge in [0.15, 0.2) is 0 Å². The van der Waals surface area contributed by atoms with Crippen LogP contribution in [-0.2, 0) is 22.9 Å². The van der Waals surface area contributed by atoms with E-state index in [1.165, 1.54) is 16.6 Å². The molecule has 0 radical (unpaired) electrons. The largest absolute Gasteiger partial charge is 0.270 e. The Kier molecular flexibility index (Phi) is 3.82. The van der Waals surface area contributed by atoms with Crippen molar-refractivity contribution in [2.45, 2.75) is 12.8 Å². The molecule has 116 valence electrons. The summed E-state index contributed by atoms with van der Waals surface area (Å²) >= 11 is 0. The highest BCUT2D eigenvalue weighted by atomic mass is 32.2. The molecule has 0 bridgehead atoms. The summed E-state index contributed by atoms with van der Waals surface area (Å²) in [4.78, 5) is 3.97. The number of sulfonamides is 1. The summed E-state index contributed by atoms with van der Waals surface area (Å²) in [5.74, 6) is -1.78. The van der Waals surface area contributed by atoms with Crippen LogP contribution in [0, 0.1) is 11.6 Å². The maximum absolute atomic E-state index is 13.6. The van der Waals surface area contributed by atoms with Crippen LogP contribution >= 0.6 is 0 Å². The highest BCUT2D eigenvalue weighted by Crippen LogP contribution is 2.29. The first-order valence-corrected chi connectivity index (χ1v) is 8.46. The van der Waals surface area contributed by atoms with E-state index in [9.17, 15) is 17.2 Å². The van der Waals surface area contributed by atoms with Gasteiger partial charge in [0.1, 0.15) is 11.6 Å². The van der Waals surface area contributed by atoms with Crippen molar-refractivity contribution in [3.05, 3.63) is 59.4 Å². The van der Waals surface area contributed by atoms with Crippen LogP contribution in [0.25, 0.3) is 0 Å². The van der Waals surface area contributed by atoms with Gasteiger partial charge in [0.25, 0.3) is 0 Å². The van der Waals surface area contributed by atoms with Gasteiger partial charge in [-0.2, -0.15) is 0 Å². The van der Waals surface area contributed by atoms with E-state index < -0.39 is 21.7 Å².